The largest absolute Gasteiger partial charge is 0.293 e. The van der Waals surface area contributed by atoms with Crippen LogP contribution in [0.1, 0.15) is 15.9 Å². The van der Waals surface area contributed by atoms with Crippen LogP contribution in [0.2, 0.25) is 5.02 Å². The van der Waals surface area contributed by atoms with Gasteiger partial charge in [0.2, 0.25) is 0 Å². The summed E-state index contributed by atoms with van der Waals surface area (Å²) in [5.74, 6) is -1.21. The van der Waals surface area contributed by atoms with Crippen LogP contribution < -0.4 is 0 Å². The van der Waals surface area contributed by atoms with Crippen LogP contribution in [0.25, 0.3) is 0 Å². The van der Waals surface area contributed by atoms with Crippen molar-refractivity contribution in [3.8, 4) is 6.07 Å². The minimum absolute atomic E-state index is 0.0614. The van der Waals surface area contributed by atoms with Crippen molar-refractivity contribution in [1.29, 1.82) is 5.26 Å². The van der Waals surface area contributed by atoms with Crippen molar-refractivity contribution in [2.24, 2.45) is 0 Å². The lowest BCUT2D eigenvalue weighted by Crippen LogP contribution is -2.16. The number of halogens is 1. The van der Waals surface area contributed by atoms with E-state index in [2.05, 4.69) is 0 Å². The fourth-order valence-corrected chi connectivity index (χ4v) is 3.57. The van der Waals surface area contributed by atoms with Gasteiger partial charge in [0.15, 0.2) is 15.6 Å². The molecule has 0 radical (unpaired) electrons. The molecular weight excluding hydrogens is 310 g/mol. The van der Waals surface area contributed by atoms with Crippen molar-refractivity contribution in [1.82, 2.24) is 0 Å². The summed E-state index contributed by atoms with van der Waals surface area (Å²) in [5.41, 5.74) is 0.644. The molecule has 21 heavy (non-hydrogen) atoms. The Kier molecular flexibility index (Phi) is 4.41. The Bertz CT molecular complexity index is 821. The quantitative estimate of drug-likeness (QED) is 0.812. The van der Waals surface area contributed by atoms with Gasteiger partial charge in [0.1, 0.15) is 5.75 Å². The van der Waals surface area contributed by atoms with E-state index < -0.39 is 21.4 Å². The van der Waals surface area contributed by atoms with Gasteiger partial charge in [0.25, 0.3) is 0 Å². The van der Waals surface area contributed by atoms with E-state index in [0.717, 1.165) is 0 Å². The van der Waals surface area contributed by atoms with E-state index in [1.54, 1.807) is 12.1 Å². The highest BCUT2D eigenvalue weighted by molar-refractivity contribution is 7.92. The topological polar surface area (TPSA) is 75.0 Å². The third kappa shape index (κ3) is 3.48. The summed E-state index contributed by atoms with van der Waals surface area (Å²) in [7, 11) is -3.80. The molecule has 0 aliphatic rings. The third-order valence-electron chi connectivity index (χ3n) is 2.83. The summed E-state index contributed by atoms with van der Waals surface area (Å²) in [5, 5.41) is 8.78. The van der Waals surface area contributed by atoms with E-state index in [1.807, 2.05) is 6.07 Å². The van der Waals surface area contributed by atoms with Crippen LogP contribution in [-0.4, -0.2) is 20.0 Å². The highest BCUT2D eigenvalue weighted by Crippen LogP contribution is 2.22. The molecule has 0 N–H and O–H groups in total. The first-order valence-corrected chi connectivity index (χ1v) is 7.98. The van der Waals surface area contributed by atoms with E-state index in [0.29, 0.717) is 5.56 Å². The molecule has 2 rings (SSSR count). The van der Waals surface area contributed by atoms with Crippen LogP contribution >= 0.6 is 11.6 Å². The summed E-state index contributed by atoms with van der Waals surface area (Å²) in [6, 6.07) is 13.7. The lowest BCUT2D eigenvalue weighted by molar-refractivity contribution is 0.102. The molecule has 2 aromatic rings. The Morgan fingerprint density at radius 3 is 2.29 bits per heavy atom. The zero-order chi connectivity index (χ0) is 15.5. The maximum atomic E-state index is 12.2. The first-order chi connectivity index (χ1) is 9.94. The van der Waals surface area contributed by atoms with Crippen molar-refractivity contribution in [2.75, 3.05) is 5.75 Å². The number of benzene rings is 2. The van der Waals surface area contributed by atoms with Crippen LogP contribution in [0.3, 0.4) is 0 Å². The first kappa shape index (κ1) is 15.2. The lowest BCUT2D eigenvalue weighted by Gasteiger charge is -2.06. The minimum atomic E-state index is -3.80. The van der Waals surface area contributed by atoms with Crippen molar-refractivity contribution in [2.45, 2.75) is 4.90 Å². The molecule has 0 saturated carbocycles. The van der Waals surface area contributed by atoms with Gasteiger partial charge >= 0.3 is 0 Å². The lowest BCUT2D eigenvalue weighted by atomic mass is 10.1. The fourth-order valence-electron chi connectivity index (χ4n) is 1.76. The second kappa shape index (κ2) is 6.08. The van der Waals surface area contributed by atoms with Gasteiger partial charge in [-0.05, 0) is 24.3 Å². The Labute approximate surface area is 127 Å². The highest BCUT2D eigenvalue weighted by Gasteiger charge is 2.22. The molecule has 0 bridgehead atoms. The Hall–Kier alpha value is -2.16. The Morgan fingerprint density at radius 1 is 1.10 bits per heavy atom. The number of nitriles is 1. The van der Waals surface area contributed by atoms with Crippen molar-refractivity contribution in [3.05, 3.63) is 64.7 Å². The molecule has 0 aromatic heterocycles. The number of hydrogen-bond donors (Lipinski definition) is 0. The summed E-state index contributed by atoms with van der Waals surface area (Å²) < 4.78 is 24.4. The smallest absolute Gasteiger partial charge is 0.187 e. The zero-order valence-corrected chi connectivity index (χ0v) is 12.4. The third-order valence-corrected chi connectivity index (χ3v) is 4.94. The fraction of sp³-hybridized carbons (Fsp3) is 0.0667. The number of nitrogens with zero attached hydrogens (tertiary/aromatic N) is 1. The second-order valence-electron chi connectivity index (χ2n) is 4.30. The van der Waals surface area contributed by atoms with Gasteiger partial charge in [0, 0.05) is 5.56 Å². The van der Waals surface area contributed by atoms with Gasteiger partial charge in [-0.2, -0.15) is 5.26 Å². The standard InChI is InChI=1S/C15H10ClNO3S/c16-13-3-1-2-4-15(13)21(19,20)10-14(18)12-7-5-11(9-17)6-8-12/h1-8H,10H2. The molecule has 0 heterocycles. The van der Waals surface area contributed by atoms with E-state index in [9.17, 15) is 13.2 Å². The molecule has 0 saturated heterocycles. The molecule has 0 aliphatic carbocycles. The average Bonchev–Trinajstić information content (AvgIpc) is 2.47. The molecule has 4 nitrogen and oxygen atoms in total. The SMILES string of the molecule is N#Cc1ccc(C(=O)CS(=O)(=O)c2ccccc2Cl)cc1. The number of Topliss-reactive ketones (excluding diaryl/α,β-unsaturated/α-hetero) is 1. The number of carbonyl (C=O) groups excluding carboxylic acids is 1. The number of ketones is 1. The number of hydrogen-bond acceptors (Lipinski definition) is 4. The number of carbonyl (C=O) groups is 1. The van der Waals surface area contributed by atoms with Crippen LogP contribution in [0, 0.1) is 11.3 Å². The monoisotopic (exact) mass is 319 g/mol. The first-order valence-electron chi connectivity index (χ1n) is 5.95. The molecule has 106 valence electrons. The van der Waals surface area contributed by atoms with E-state index in [-0.39, 0.29) is 15.5 Å². The van der Waals surface area contributed by atoms with Gasteiger partial charge in [-0.15, -0.1) is 0 Å². The van der Waals surface area contributed by atoms with E-state index in [4.69, 9.17) is 16.9 Å². The van der Waals surface area contributed by atoms with Gasteiger partial charge in [-0.1, -0.05) is 35.9 Å². The predicted molar refractivity (Wildman–Crippen MR) is 79.0 cm³/mol. The molecule has 0 fully saturated rings. The van der Waals surface area contributed by atoms with Crippen LogP contribution in [0.15, 0.2) is 53.4 Å². The summed E-state index contributed by atoms with van der Waals surface area (Å²) >= 11 is 5.85. The molecule has 0 spiro atoms. The molecule has 0 unspecified atom stereocenters. The van der Waals surface area contributed by atoms with Crippen LogP contribution in [0.4, 0.5) is 0 Å². The van der Waals surface area contributed by atoms with Gasteiger partial charge in [-0.25, -0.2) is 8.42 Å². The van der Waals surface area contributed by atoms with Crippen molar-refractivity contribution in [3.63, 3.8) is 0 Å². The predicted octanol–water partition coefficient (Wildman–Crippen LogP) is 2.87. The van der Waals surface area contributed by atoms with E-state index in [1.165, 1.54) is 36.4 Å². The van der Waals surface area contributed by atoms with Crippen molar-refractivity contribution < 1.29 is 13.2 Å². The Balaban J connectivity index is 2.26. The van der Waals surface area contributed by atoms with Crippen LogP contribution in [-0.2, 0) is 9.84 Å². The van der Waals surface area contributed by atoms with Gasteiger partial charge in [0.05, 0.1) is 21.6 Å². The van der Waals surface area contributed by atoms with Gasteiger partial charge < -0.3 is 0 Å². The van der Waals surface area contributed by atoms with E-state index >= 15 is 0 Å². The number of sulfone groups is 1. The van der Waals surface area contributed by atoms with Crippen LogP contribution in [0.5, 0.6) is 0 Å². The number of rotatable bonds is 4. The molecule has 0 atom stereocenters. The summed E-state index contributed by atoms with van der Waals surface area (Å²) in [4.78, 5) is 12.0. The molecular formula is C15H10ClNO3S. The molecule has 6 heteroatoms. The van der Waals surface area contributed by atoms with Crippen molar-refractivity contribution >= 4 is 27.2 Å². The minimum Gasteiger partial charge on any atom is -0.293 e. The summed E-state index contributed by atoms with van der Waals surface area (Å²) in [6.07, 6.45) is 0. The average molecular weight is 320 g/mol. The molecule has 0 aliphatic heterocycles. The summed E-state index contributed by atoms with van der Waals surface area (Å²) in [6.45, 7) is 0. The molecule has 2 aromatic carbocycles. The second-order valence-corrected chi connectivity index (χ2v) is 6.67. The Morgan fingerprint density at radius 2 is 1.71 bits per heavy atom. The zero-order valence-electron chi connectivity index (χ0n) is 10.8. The maximum Gasteiger partial charge on any atom is 0.187 e. The van der Waals surface area contributed by atoms with Gasteiger partial charge in [-0.3, -0.25) is 4.79 Å². The molecule has 0 amide bonds. The normalized spacial score (nSPS) is 10.9. The maximum absolute atomic E-state index is 12.2. The highest BCUT2D eigenvalue weighted by atomic mass is 35.5.